The first kappa shape index (κ1) is 14.4. The molecule has 19 heavy (non-hydrogen) atoms. The lowest BCUT2D eigenvalue weighted by Gasteiger charge is -2.23. The van der Waals surface area contributed by atoms with Crippen LogP contribution < -0.4 is 0 Å². The first-order valence-electron chi connectivity index (χ1n) is 6.42. The van der Waals surface area contributed by atoms with Crippen molar-refractivity contribution in [1.82, 2.24) is 0 Å². The van der Waals surface area contributed by atoms with E-state index in [0.717, 1.165) is 0 Å². The van der Waals surface area contributed by atoms with Crippen LogP contribution in [0.2, 0.25) is 0 Å². The van der Waals surface area contributed by atoms with Crippen molar-refractivity contribution in [3.63, 3.8) is 0 Å². The molecule has 2 aliphatic rings. The smallest absolute Gasteiger partial charge is 0.302 e. The highest BCUT2D eigenvalue weighted by atomic mass is 16.8. The topological polar surface area (TPSA) is 71.1 Å². The molecule has 0 aliphatic carbocycles. The van der Waals surface area contributed by atoms with Crippen LogP contribution in [0.25, 0.3) is 0 Å². The van der Waals surface area contributed by atoms with E-state index in [1.165, 1.54) is 13.8 Å². The lowest BCUT2D eigenvalue weighted by Crippen LogP contribution is -2.33. The summed E-state index contributed by atoms with van der Waals surface area (Å²) >= 11 is 0. The number of ether oxygens (including phenoxy) is 4. The fourth-order valence-electron chi connectivity index (χ4n) is 2.55. The quantitative estimate of drug-likeness (QED) is 0.705. The number of hydrogen-bond donors (Lipinski definition) is 0. The lowest BCUT2D eigenvalue weighted by molar-refractivity contribution is -0.193. The molecule has 2 saturated heterocycles. The second-order valence-corrected chi connectivity index (χ2v) is 5.49. The summed E-state index contributed by atoms with van der Waals surface area (Å²) in [6, 6.07) is 0. The maximum absolute atomic E-state index is 11.3. The van der Waals surface area contributed by atoms with Gasteiger partial charge in [-0.05, 0) is 20.8 Å². The second-order valence-electron chi connectivity index (χ2n) is 5.49. The number of Topliss-reactive ketones (excluding diaryl/α,β-unsaturated/α-hetero) is 1. The molecule has 6 heteroatoms. The fraction of sp³-hybridized carbons (Fsp3) is 0.846. The van der Waals surface area contributed by atoms with Gasteiger partial charge in [-0.2, -0.15) is 0 Å². The van der Waals surface area contributed by atoms with Gasteiger partial charge in [0.2, 0.25) is 0 Å². The zero-order valence-corrected chi connectivity index (χ0v) is 11.7. The number of hydrogen-bond acceptors (Lipinski definition) is 6. The molecule has 2 aliphatic heterocycles. The van der Waals surface area contributed by atoms with E-state index in [-0.39, 0.29) is 49.2 Å². The molecule has 0 aromatic heterocycles. The van der Waals surface area contributed by atoms with Crippen LogP contribution in [0.3, 0.4) is 0 Å². The Morgan fingerprint density at radius 1 is 1.11 bits per heavy atom. The van der Waals surface area contributed by atoms with Crippen molar-refractivity contribution in [3.8, 4) is 0 Å². The van der Waals surface area contributed by atoms with E-state index in [4.69, 9.17) is 18.9 Å². The molecule has 2 fully saturated rings. The van der Waals surface area contributed by atoms with Gasteiger partial charge < -0.3 is 18.9 Å². The second kappa shape index (κ2) is 5.19. The van der Waals surface area contributed by atoms with Crippen molar-refractivity contribution < 1.29 is 28.5 Å². The summed E-state index contributed by atoms with van der Waals surface area (Å²) in [4.78, 5) is 22.1. The highest BCUT2D eigenvalue weighted by Crippen LogP contribution is 2.39. The zero-order valence-electron chi connectivity index (χ0n) is 11.7. The summed E-state index contributed by atoms with van der Waals surface area (Å²) in [7, 11) is 0. The molecule has 4 atom stereocenters. The van der Waals surface area contributed by atoms with Crippen molar-refractivity contribution in [3.05, 3.63) is 0 Å². The Kier molecular flexibility index (Phi) is 3.94. The lowest BCUT2D eigenvalue weighted by atomic mass is 10.0. The molecule has 0 aromatic rings. The van der Waals surface area contributed by atoms with Crippen molar-refractivity contribution in [2.75, 3.05) is 6.61 Å². The average molecular weight is 272 g/mol. The standard InChI is InChI=1S/C13H20O6/c1-7(14)5-9-11-12(19-13(3,4)18-11)10(17-9)6-16-8(2)15/h9-12H,5-6H2,1-4H3/t9-,10-,11+,12-/m1/s1. The van der Waals surface area contributed by atoms with E-state index < -0.39 is 5.79 Å². The van der Waals surface area contributed by atoms with Crippen LogP contribution in [0.4, 0.5) is 0 Å². The number of ketones is 1. The Balaban J connectivity index is 2.05. The van der Waals surface area contributed by atoms with E-state index in [9.17, 15) is 9.59 Å². The molecule has 0 saturated carbocycles. The van der Waals surface area contributed by atoms with Crippen molar-refractivity contribution in [2.45, 2.75) is 64.3 Å². The predicted octanol–water partition coefficient (Wildman–Crippen LogP) is 0.816. The predicted molar refractivity (Wildman–Crippen MR) is 64.4 cm³/mol. The van der Waals surface area contributed by atoms with Gasteiger partial charge in [0.1, 0.15) is 30.7 Å². The summed E-state index contributed by atoms with van der Waals surface area (Å²) in [5.41, 5.74) is 0. The van der Waals surface area contributed by atoms with Crippen LogP contribution >= 0.6 is 0 Å². The number of esters is 1. The van der Waals surface area contributed by atoms with E-state index in [1.807, 2.05) is 13.8 Å². The molecule has 108 valence electrons. The maximum atomic E-state index is 11.3. The van der Waals surface area contributed by atoms with Gasteiger partial charge in [0.15, 0.2) is 5.79 Å². The largest absolute Gasteiger partial charge is 0.463 e. The van der Waals surface area contributed by atoms with E-state index >= 15 is 0 Å². The SMILES string of the molecule is CC(=O)C[C@H]1O[C@H](COC(C)=O)[C@H]2OC(C)(C)O[C@H]21. The molecule has 0 unspecified atom stereocenters. The van der Waals surface area contributed by atoms with Gasteiger partial charge in [0.25, 0.3) is 0 Å². The summed E-state index contributed by atoms with van der Waals surface area (Å²) in [5, 5.41) is 0. The number of carbonyl (C=O) groups excluding carboxylic acids is 2. The van der Waals surface area contributed by atoms with Crippen LogP contribution in [-0.2, 0) is 28.5 Å². The summed E-state index contributed by atoms with van der Waals surface area (Å²) in [6.45, 7) is 6.61. The highest BCUT2D eigenvalue weighted by Gasteiger charge is 2.55. The monoisotopic (exact) mass is 272 g/mol. The third-order valence-corrected chi connectivity index (χ3v) is 3.19. The summed E-state index contributed by atoms with van der Waals surface area (Å²) < 4.78 is 22.3. The minimum absolute atomic E-state index is 0.0326. The molecule has 2 heterocycles. The third kappa shape index (κ3) is 3.32. The molecular weight excluding hydrogens is 252 g/mol. The number of rotatable bonds is 4. The first-order valence-corrected chi connectivity index (χ1v) is 6.42. The van der Waals surface area contributed by atoms with E-state index in [1.54, 1.807) is 0 Å². The van der Waals surface area contributed by atoms with Crippen LogP contribution in [0, 0.1) is 0 Å². The molecule has 0 amide bonds. The average Bonchev–Trinajstić information content (AvgIpc) is 2.70. The van der Waals surface area contributed by atoms with Gasteiger partial charge in [0, 0.05) is 13.3 Å². The van der Waals surface area contributed by atoms with Gasteiger partial charge in [-0.15, -0.1) is 0 Å². The Hall–Kier alpha value is -0.980. The maximum Gasteiger partial charge on any atom is 0.302 e. The van der Waals surface area contributed by atoms with E-state index in [0.29, 0.717) is 0 Å². The van der Waals surface area contributed by atoms with Crippen LogP contribution in [0.5, 0.6) is 0 Å². The van der Waals surface area contributed by atoms with Crippen LogP contribution in [0.15, 0.2) is 0 Å². The molecule has 0 N–H and O–H groups in total. The minimum atomic E-state index is -0.706. The molecule has 0 aromatic carbocycles. The van der Waals surface area contributed by atoms with Crippen molar-refractivity contribution >= 4 is 11.8 Å². The zero-order chi connectivity index (χ0) is 14.2. The Morgan fingerprint density at radius 2 is 1.68 bits per heavy atom. The number of fused-ring (bicyclic) bond motifs is 1. The van der Waals surface area contributed by atoms with Crippen LogP contribution in [0.1, 0.15) is 34.1 Å². The molecule has 2 rings (SSSR count). The fourth-order valence-corrected chi connectivity index (χ4v) is 2.55. The molecule has 0 spiro atoms. The van der Waals surface area contributed by atoms with Gasteiger partial charge >= 0.3 is 5.97 Å². The van der Waals surface area contributed by atoms with Gasteiger partial charge in [-0.3, -0.25) is 9.59 Å². The minimum Gasteiger partial charge on any atom is -0.463 e. The Bertz CT molecular complexity index is 377. The molecular formula is C13H20O6. The Labute approximate surface area is 112 Å². The third-order valence-electron chi connectivity index (χ3n) is 3.19. The van der Waals surface area contributed by atoms with Gasteiger partial charge in [0.05, 0.1) is 6.10 Å². The van der Waals surface area contributed by atoms with Gasteiger partial charge in [-0.25, -0.2) is 0 Å². The van der Waals surface area contributed by atoms with Gasteiger partial charge in [-0.1, -0.05) is 0 Å². The first-order chi connectivity index (χ1) is 8.78. The molecule has 0 radical (unpaired) electrons. The van der Waals surface area contributed by atoms with Crippen molar-refractivity contribution in [1.29, 1.82) is 0 Å². The molecule has 6 nitrogen and oxygen atoms in total. The summed E-state index contributed by atoms with van der Waals surface area (Å²) in [5.74, 6) is -1.04. The molecule has 0 bridgehead atoms. The summed E-state index contributed by atoms with van der Waals surface area (Å²) in [6.07, 6.45) is -1.06. The normalized spacial score (nSPS) is 36.0. The van der Waals surface area contributed by atoms with Crippen LogP contribution in [-0.4, -0.2) is 48.6 Å². The number of carbonyl (C=O) groups is 2. The van der Waals surface area contributed by atoms with E-state index in [2.05, 4.69) is 0 Å². The Morgan fingerprint density at radius 3 is 2.21 bits per heavy atom. The van der Waals surface area contributed by atoms with Crippen molar-refractivity contribution in [2.24, 2.45) is 0 Å². The highest BCUT2D eigenvalue weighted by molar-refractivity contribution is 5.76.